The van der Waals surface area contributed by atoms with Gasteiger partial charge >= 0.3 is 0 Å². The lowest BCUT2D eigenvalue weighted by Gasteiger charge is -2.35. The molecule has 0 bridgehead atoms. The van der Waals surface area contributed by atoms with Gasteiger partial charge in [0.15, 0.2) is 0 Å². The maximum atomic E-state index is 10.1. The number of hydrogen-bond donors (Lipinski definition) is 2. The van der Waals surface area contributed by atoms with Gasteiger partial charge in [-0.1, -0.05) is 31.5 Å². The summed E-state index contributed by atoms with van der Waals surface area (Å²) in [5.74, 6) is 0. The first-order valence-corrected chi connectivity index (χ1v) is 7.55. The van der Waals surface area contributed by atoms with Crippen LogP contribution in [0.15, 0.2) is 24.3 Å². The number of hydrogen-bond acceptors (Lipinski definition) is 4. The third kappa shape index (κ3) is 4.20. The van der Waals surface area contributed by atoms with E-state index in [0.717, 1.165) is 32.4 Å². The third-order valence-electron chi connectivity index (χ3n) is 3.65. The number of β-amino-alcohol motifs (C(OH)–C–C–N with tert-alkyl or cyclic N) is 1. The number of rotatable bonds is 7. The number of benzene rings is 1. The quantitative estimate of drug-likeness (QED) is 0.743. The van der Waals surface area contributed by atoms with Gasteiger partial charge in [-0.25, -0.2) is 0 Å². The van der Waals surface area contributed by atoms with Gasteiger partial charge in [-0.3, -0.25) is 0 Å². The number of aliphatic hydroxyl groups is 1. The fraction of sp³-hybridized carbons (Fsp3) is 0.625. The molecule has 0 saturated carbocycles. The summed E-state index contributed by atoms with van der Waals surface area (Å²) >= 11 is 0. The maximum absolute atomic E-state index is 10.1. The summed E-state index contributed by atoms with van der Waals surface area (Å²) < 4.78 is 5.48. The van der Waals surface area contributed by atoms with Crippen molar-refractivity contribution in [1.82, 2.24) is 0 Å². The molecule has 0 aromatic heterocycles. The molecular formula is C16H26N2O2. The summed E-state index contributed by atoms with van der Waals surface area (Å²) in [6.45, 7) is 4.63. The van der Waals surface area contributed by atoms with E-state index in [0.29, 0.717) is 13.2 Å². The molecule has 0 radical (unpaired) electrons. The summed E-state index contributed by atoms with van der Waals surface area (Å²) in [7, 11) is 0. The summed E-state index contributed by atoms with van der Waals surface area (Å²) in [6, 6.07) is 8.43. The first-order valence-electron chi connectivity index (χ1n) is 7.55. The van der Waals surface area contributed by atoms with Crippen molar-refractivity contribution in [3.63, 3.8) is 0 Å². The second-order valence-corrected chi connectivity index (χ2v) is 5.58. The SMILES string of the molecule is CCCCOCC(O)CN1CC(N)Cc2ccccc21. The molecule has 1 aliphatic rings. The van der Waals surface area contributed by atoms with Gasteiger partial charge in [-0.15, -0.1) is 0 Å². The van der Waals surface area contributed by atoms with Crippen molar-refractivity contribution in [2.45, 2.75) is 38.3 Å². The highest BCUT2D eigenvalue weighted by Gasteiger charge is 2.23. The minimum Gasteiger partial charge on any atom is -0.389 e. The van der Waals surface area contributed by atoms with Gasteiger partial charge in [0.25, 0.3) is 0 Å². The molecule has 1 heterocycles. The second-order valence-electron chi connectivity index (χ2n) is 5.58. The fourth-order valence-electron chi connectivity index (χ4n) is 2.67. The van der Waals surface area contributed by atoms with Crippen molar-refractivity contribution in [1.29, 1.82) is 0 Å². The van der Waals surface area contributed by atoms with Crippen molar-refractivity contribution in [3.8, 4) is 0 Å². The number of para-hydroxylation sites is 1. The number of anilines is 1. The first kappa shape index (κ1) is 15.3. The van der Waals surface area contributed by atoms with E-state index in [9.17, 15) is 5.11 Å². The zero-order valence-corrected chi connectivity index (χ0v) is 12.3. The van der Waals surface area contributed by atoms with E-state index in [-0.39, 0.29) is 6.04 Å². The normalized spacial score (nSPS) is 19.8. The Hall–Kier alpha value is -1.10. The monoisotopic (exact) mass is 278 g/mol. The predicted octanol–water partition coefficient (Wildman–Crippen LogP) is 1.55. The Bertz CT molecular complexity index is 411. The molecule has 4 nitrogen and oxygen atoms in total. The zero-order valence-electron chi connectivity index (χ0n) is 12.3. The minimum atomic E-state index is -0.467. The van der Waals surface area contributed by atoms with Crippen LogP contribution in [0.1, 0.15) is 25.3 Å². The van der Waals surface area contributed by atoms with Crippen molar-refractivity contribution < 1.29 is 9.84 Å². The molecule has 0 saturated heterocycles. The Kier molecular flexibility index (Phi) is 5.83. The maximum Gasteiger partial charge on any atom is 0.0948 e. The van der Waals surface area contributed by atoms with Crippen LogP contribution in [0.4, 0.5) is 5.69 Å². The molecule has 112 valence electrons. The van der Waals surface area contributed by atoms with E-state index < -0.39 is 6.10 Å². The molecule has 2 atom stereocenters. The van der Waals surface area contributed by atoms with Crippen LogP contribution >= 0.6 is 0 Å². The Labute approximate surface area is 121 Å². The molecule has 1 aliphatic heterocycles. The first-order chi connectivity index (χ1) is 9.70. The van der Waals surface area contributed by atoms with Gasteiger partial charge in [0.2, 0.25) is 0 Å². The Morgan fingerprint density at radius 1 is 1.45 bits per heavy atom. The smallest absolute Gasteiger partial charge is 0.0948 e. The van der Waals surface area contributed by atoms with Gasteiger partial charge < -0.3 is 20.5 Å². The lowest BCUT2D eigenvalue weighted by Crippen LogP contribution is -2.46. The summed E-state index contributed by atoms with van der Waals surface area (Å²) in [5, 5.41) is 10.1. The highest BCUT2D eigenvalue weighted by molar-refractivity contribution is 5.56. The third-order valence-corrected chi connectivity index (χ3v) is 3.65. The van der Waals surface area contributed by atoms with E-state index in [2.05, 4.69) is 24.0 Å². The van der Waals surface area contributed by atoms with Crippen LogP contribution in [-0.2, 0) is 11.2 Å². The largest absolute Gasteiger partial charge is 0.389 e. The van der Waals surface area contributed by atoms with E-state index in [1.165, 1.54) is 11.3 Å². The summed E-state index contributed by atoms with van der Waals surface area (Å²) in [6.07, 6.45) is 2.61. The van der Waals surface area contributed by atoms with E-state index in [4.69, 9.17) is 10.5 Å². The van der Waals surface area contributed by atoms with Gasteiger partial charge in [0.05, 0.1) is 12.7 Å². The zero-order chi connectivity index (χ0) is 14.4. The van der Waals surface area contributed by atoms with Gasteiger partial charge in [0, 0.05) is 31.4 Å². The highest BCUT2D eigenvalue weighted by atomic mass is 16.5. The topological polar surface area (TPSA) is 58.7 Å². The number of aliphatic hydroxyl groups excluding tert-OH is 1. The van der Waals surface area contributed by atoms with Gasteiger partial charge in [-0.2, -0.15) is 0 Å². The molecule has 20 heavy (non-hydrogen) atoms. The van der Waals surface area contributed by atoms with Crippen molar-refractivity contribution >= 4 is 5.69 Å². The highest BCUT2D eigenvalue weighted by Crippen LogP contribution is 2.26. The van der Waals surface area contributed by atoms with Crippen LogP contribution in [0.25, 0.3) is 0 Å². The minimum absolute atomic E-state index is 0.137. The molecule has 3 N–H and O–H groups in total. The van der Waals surface area contributed by atoms with Crippen LogP contribution in [0.3, 0.4) is 0 Å². The average molecular weight is 278 g/mol. The summed E-state index contributed by atoms with van der Waals surface area (Å²) in [4.78, 5) is 2.18. The van der Waals surface area contributed by atoms with Crippen LogP contribution < -0.4 is 10.6 Å². The number of fused-ring (bicyclic) bond motifs is 1. The predicted molar refractivity (Wildman–Crippen MR) is 82.1 cm³/mol. The molecule has 1 aromatic carbocycles. The average Bonchev–Trinajstić information content (AvgIpc) is 2.43. The van der Waals surface area contributed by atoms with Crippen molar-refractivity contribution in [3.05, 3.63) is 29.8 Å². The van der Waals surface area contributed by atoms with Crippen LogP contribution in [0, 0.1) is 0 Å². The van der Waals surface area contributed by atoms with Gasteiger partial charge in [-0.05, 0) is 24.5 Å². The standard InChI is InChI=1S/C16H26N2O2/c1-2-3-8-20-12-15(19)11-18-10-14(17)9-13-6-4-5-7-16(13)18/h4-7,14-15,19H,2-3,8-12,17H2,1H3. The number of unbranched alkanes of at least 4 members (excludes halogenated alkanes) is 1. The Balaban J connectivity index is 1.89. The van der Waals surface area contributed by atoms with Crippen LogP contribution in [-0.4, -0.2) is 43.6 Å². The van der Waals surface area contributed by atoms with Crippen molar-refractivity contribution in [2.75, 3.05) is 31.2 Å². The van der Waals surface area contributed by atoms with E-state index >= 15 is 0 Å². The van der Waals surface area contributed by atoms with Crippen LogP contribution in [0.2, 0.25) is 0 Å². The fourth-order valence-corrected chi connectivity index (χ4v) is 2.67. The Morgan fingerprint density at radius 2 is 2.25 bits per heavy atom. The Morgan fingerprint density at radius 3 is 3.05 bits per heavy atom. The lowest BCUT2D eigenvalue weighted by molar-refractivity contribution is 0.0389. The second kappa shape index (κ2) is 7.62. The molecule has 0 spiro atoms. The lowest BCUT2D eigenvalue weighted by atomic mass is 9.98. The van der Waals surface area contributed by atoms with E-state index in [1.807, 2.05) is 12.1 Å². The molecule has 0 fully saturated rings. The summed E-state index contributed by atoms with van der Waals surface area (Å²) in [5.41, 5.74) is 8.57. The number of nitrogens with zero attached hydrogens (tertiary/aromatic N) is 1. The number of ether oxygens (including phenoxy) is 1. The molecule has 0 aliphatic carbocycles. The van der Waals surface area contributed by atoms with Crippen molar-refractivity contribution in [2.24, 2.45) is 5.73 Å². The van der Waals surface area contributed by atoms with Crippen LogP contribution in [0.5, 0.6) is 0 Å². The molecule has 2 unspecified atom stereocenters. The molecular weight excluding hydrogens is 252 g/mol. The molecule has 4 heteroatoms. The van der Waals surface area contributed by atoms with E-state index in [1.54, 1.807) is 0 Å². The molecule has 0 amide bonds. The molecule has 1 aromatic rings. The van der Waals surface area contributed by atoms with Gasteiger partial charge in [0.1, 0.15) is 0 Å². The number of nitrogens with two attached hydrogens (primary N) is 1. The molecule has 2 rings (SSSR count).